The Bertz CT molecular complexity index is 448. The van der Waals surface area contributed by atoms with E-state index in [9.17, 15) is 18.4 Å². The van der Waals surface area contributed by atoms with Gasteiger partial charge in [-0.2, -0.15) is 0 Å². The number of rotatable bonds is 7. The number of halogens is 2. The van der Waals surface area contributed by atoms with Crippen LogP contribution in [0.2, 0.25) is 0 Å². The molecule has 0 saturated heterocycles. The van der Waals surface area contributed by atoms with Crippen molar-refractivity contribution >= 4 is 11.9 Å². The molecule has 6 nitrogen and oxygen atoms in total. The van der Waals surface area contributed by atoms with Gasteiger partial charge in [0.15, 0.2) is 6.10 Å². The lowest BCUT2D eigenvalue weighted by Gasteiger charge is -2.10. The topological polar surface area (TPSA) is 91.6 Å². The van der Waals surface area contributed by atoms with E-state index in [2.05, 4.69) is 5.32 Å². The molecule has 106 valence electrons. The largest absolute Gasteiger partial charge is 0.479 e. The molecule has 0 spiro atoms. The number of hydrogen-bond donors (Lipinski definition) is 3. The molecule has 0 aliphatic rings. The zero-order chi connectivity index (χ0) is 14.4. The fourth-order valence-corrected chi connectivity index (χ4v) is 1.46. The molecule has 8 heteroatoms. The second-order valence-corrected chi connectivity index (χ2v) is 3.84. The summed E-state index contributed by atoms with van der Waals surface area (Å²) in [6, 6.07) is 2.84. The molecule has 0 bridgehead atoms. The number of aromatic nitrogens is 1. The van der Waals surface area contributed by atoms with E-state index in [-0.39, 0.29) is 18.7 Å². The first kappa shape index (κ1) is 15.1. The number of aliphatic hydroxyl groups excluding tert-OH is 1. The van der Waals surface area contributed by atoms with Crippen molar-refractivity contribution < 1.29 is 28.6 Å². The Hall–Kier alpha value is -1.96. The normalized spacial score (nSPS) is 12.4. The smallest absolute Gasteiger partial charge is 0.332 e. The lowest BCUT2D eigenvalue weighted by Crippen LogP contribution is -2.31. The minimum Gasteiger partial charge on any atom is -0.479 e. The molecule has 0 aliphatic carbocycles. The van der Waals surface area contributed by atoms with E-state index in [1.165, 1.54) is 18.3 Å². The Morgan fingerprint density at radius 2 is 2.11 bits per heavy atom. The monoisotopic (exact) mass is 276 g/mol. The Balaban J connectivity index is 2.50. The number of hydrogen-bond acceptors (Lipinski definition) is 3. The SMILES string of the molecule is O=C(NCCC(O)C(=O)O)c1cccn1CC(F)F. The van der Waals surface area contributed by atoms with Crippen molar-refractivity contribution in [1.29, 1.82) is 0 Å². The molecule has 1 atom stereocenters. The third-order valence-corrected chi connectivity index (χ3v) is 2.39. The highest BCUT2D eigenvalue weighted by Gasteiger charge is 2.16. The number of amides is 1. The number of nitrogens with zero attached hydrogens (tertiary/aromatic N) is 1. The van der Waals surface area contributed by atoms with Crippen LogP contribution in [0.25, 0.3) is 0 Å². The van der Waals surface area contributed by atoms with Crippen molar-refractivity contribution in [2.75, 3.05) is 6.54 Å². The van der Waals surface area contributed by atoms with E-state index in [0.29, 0.717) is 0 Å². The molecule has 0 radical (unpaired) electrons. The summed E-state index contributed by atoms with van der Waals surface area (Å²) in [6.07, 6.45) is -2.94. The summed E-state index contributed by atoms with van der Waals surface area (Å²) in [7, 11) is 0. The van der Waals surface area contributed by atoms with Crippen LogP contribution in [0.3, 0.4) is 0 Å². The predicted molar refractivity (Wildman–Crippen MR) is 61.0 cm³/mol. The molecule has 19 heavy (non-hydrogen) atoms. The van der Waals surface area contributed by atoms with Crippen LogP contribution in [-0.4, -0.2) is 45.7 Å². The lowest BCUT2D eigenvalue weighted by atomic mass is 10.2. The van der Waals surface area contributed by atoms with Gasteiger partial charge >= 0.3 is 5.97 Å². The van der Waals surface area contributed by atoms with Crippen molar-refractivity contribution in [1.82, 2.24) is 9.88 Å². The number of aliphatic carboxylic acids is 1. The predicted octanol–water partition coefficient (Wildman–Crippen LogP) is 0.319. The van der Waals surface area contributed by atoms with Crippen molar-refractivity contribution in [3.8, 4) is 0 Å². The molecular weight excluding hydrogens is 262 g/mol. The summed E-state index contributed by atoms with van der Waals surface area (Å²) >= 11 is 0. The lowest BCUT2D eigenvalue weighted by molar-refractivity contribution is -0.146. The third kappa shape index (κ3) is 4.66. The second-order valence-electron chi connectivity index (χ2n) is 3.84. The van der Waals surface area contributed by atoms with E-state index >= 15 is 0 Å². The third-order valence-electron chi connectivity index (χ3n) is 2.39. The van der Waals surface area contributed by atoms with Gasteiger partial charge in [0.25, 0.3) is 12.3 Å². The van der Waals surface area contributed by atoms with E-state index in [1.54, 1.807) is 0 Å². The van der Waals surface area contributed by atoms with Crippen LogP contribution < -0.4 is 5.32 Å². The van der Waals surface area contributed by atoms with E-state index in [1.807, 2.05) is 0 Å². The number of aliphatic hydroxyl groups is 1. The number of alkyl halides is 2. The summed E-state index contributed by atoms with van der Waals surface area (Å²) in [5.74, 6) is -1.97. The molecule has 1 heterocycles. The van der Waals surface area contributed by atoms with Gasteiger partial charge in [-0.3, -0.25) is 4.79 Å². The molecule has 1 rings (SSSR count). The van der Waals surface area contributed by atoms with Gasteiger partial charge in [0, 0.05) is 19.2 Å². The number of carbonyl (C=O) groups excluding carboxylic acids is 1. The van der Waals surface area contributed by atoms with Gasteiger partial charge in [0.1, 0.15) is 5.69 Å². The second kappa shape index (κ2) is 6.83. The maximum atomic E-state index is 12.2. The fourth-order valence-electron chi connectivity index (χ4n) is 1.46. The maximum absolute atomic E-state index is 12.2. The summed E-state index contributed by atoms with van der Waals surface area (Å²) in [4.78, 5) is 22.0. The Morgan fingerprint density at radius 1 is 1.42 bits per heavy atom. The maximum Gasteiger partial charge on any atom is 0.332 e. The number of carboxylic acid groups (broad SMARTS) is 1. The van der Waals surface area contributed by atoms with Crippen LogP contribution in [0.1, 0.15) is 16.9 Å². The van der Waals surface area contributed by atoms with Crippen molar-refractivity contribution in [3.63, 3.8) is 0 Å². The zero-order valence-electron chi connectivity index (χ0n) is 9.92. The molecule has 1 aromatic heterocycles. The van der Waals surface area contributed by atoms with Crippen molar-refractivity contribution in [3.05, 3.63) is 24.0 Å². The highest BCUT2D eigenvalue weighted by atomic mass is 19.3. The quantitative estimate of drug-likeness (QED) is 0.668. The molecule has 0 fully saturated rings. The van der Waals surface area contributed by atoms with Crippen molar-refractivity contribution in [2.24, 2.45) is 0 Å². The first-order chi connectivity index (χ1) is 8.91. The van der Waals surface area contributed by atoms with Gasteiger partial charge in [-0.05, 0) is 12.1 Å². The highest BCUT2D eigenvalue weighted by molar-refractivity contribution is 5.92. The summed E-state index contributed by atoms with van der Waals surface area (Å²) in [5.41, 5.74) is 0.0603. The van der Waals surface area contributed by atoms with Gasteiger partial charge in [-0.1, -0.05) is 0 Å². The molecular formula is C11H14F2N2O4. The van der Waals surface area contributed by atoms with E-state index < -0.39 is 31.0 Å². The molecule has 0 aliphatic heterocycles. The van der Waals surface area contributed by atoms with Crippen LogP contribution in [0, 0.1) is 0 Å². The van der Waals surface area contributed by atoms with Crippen LogP contribution in [-0.2, 0) is 11.3 Å². The average molecular weight is 276 g/mol. The van der Waals surface area contributed by atoms with Gasteiger partial charge in [0.05, 0.1) is 6.54 Å². The van der Waals surface area contributed by atoms with Gasteiger partial charge < -0.3 is 20.1 Å². The minimum absolute atomic E-state index is 0.0603. The van der Waals surface area contributed by atoms with Gasteiger partial charge in [-0.15, -0.1) is 0 Å². The summed E-state index contributed by atoms with van der Waals surface area (Å²) in [5, 5.41) is 19.8. The Labute approximate surface area is 107 Å². The van der Waals surface area contributed by atoms with Crippen LogP contribution in [0.15, 0.2) is 18.3 Å². The number of nitrogens with one attached hydrogen (secondary N) is 1. The first-order valence-corrected chi connectivity index (χ1v) is 5.54. The highest BCUT2D eigenvalue weighted by Crippen LogP contribution is 2.06. The zero-order valence-corrected chi connectivity index (χ0v) is 9.92. The first-order valence-electron chi connectivity index (χ1n) is 5.54. The molecule has 1 aromatic rings. The Kier molecular flexibility index (Phi) is 5.43. The Morgan fingerprint density at radius 3 is 2.68 bits per heavy atom. The number of carbonyl (C=O) groups is 2. The van der Waals surface area contributed by atoms with Crippen LogP contribution in [0.4, 0.5) is 8.78 Å². The van der Waals surface area contributed by atoms with Crippen LogP contribution >= 0.6 is 0 Å². The minimum atomic E-state index is -2.58. The molecule has 1 amide bonds. The van der Waals surface area contributed by atoms with E-state index in [0.717, 1.165) is 4.57 Å². The average Bonchev–Trinajstić information content (AvgIpc) is 2.75. The molecule has 0 aromatic carbocycles. The number of carboxylic acids is 1. The molecule has 0 saturated carbocycles. The molecule has 3 N–H and O–H groups in total. The standard InChI is InChI=1S/C11H14F2N2O4/c12-9(13)6-15-5-1-2-7(15)10(17)14-4-3-8(16)11(18)19/h1-2,5,8-9,16H,3-4,6H2,(H,14,17)(H,18,19). The van der Waals surface area contributed by atoms with Gasteiger partial charge in [-0.25, -0.2) is 13.6 Å². The van der Waals surface area contributed by atoms with Crippen molar-refractivity contribution in [2.45, 2.75) is 25.5 Å². The van der Waals surface area contributed by atoms with Crippen LogP contribution in [0.5, 0.6) is 0 Å². The van der Waals surface area contributed by atoms with Gasteiger partial charge in [0.2, 0.25) is 0 Å². The summed E-state index contributed by atoms with van der Waals surface area (Å²) in [6.45, 7) is -0.653. The van der Waals surface area contributed by atoms with E-state index in [4.69, 9.17) is 10.2 Å². The molecule has 1 unspecified atom stereocenters. The summed E-state index contributed by atoms with van der Waals surface area (Å²) < 4.78 is 25.6. The fraction of sp³-hybridized carbons (Fsp3) is 0.455.